The van der Waals surface area contributed by atoms with E-state index in [1.165, 1.54) is 0 Å². The van der Waals surface area contributed by atoms with Gasteiger partial charge in [-0.05, 0) is 0 Å². The first-order valence-corrected chi connectivity index (χ1v) is 13.2. The molecule has 1 nitrogen and oxygen atoms in total. The molecule has 0 amide bonds. The summed E-state index contributed by atoms with van der Waals surface area (Å²) in [5.41, 5.74) is 8.90. The molecule has 0 unspecified atom stereocenters. The van der Waals surface area contributed by atoms with E-state index in [-0.39, 0.29) is 0 Å². The molecule has 1 aromatic carbocycles. The van der Waals surface area contributed by atoms with Gasteiger partial charge in [-0.2, -0.15) is 0 Å². The summed E-state index contributed by atoms with van der Waals surface area (Å²) in [5, 5.41) is 0. The Morgan fingerprint density at radius 3 is 0.923 bits per heavy atom. The van der Waals surface area contributed by atoms with Gasteiger partial charge in [-0.15, -0.1) is 0 Å². The molecular weight excluding hydrogens is 286 g/mol. The van der Waals surface area contributed by atoms with E-state index in [2.05, 4.69) is 22.8 Å². The second-order valence-electron chi connectivity index (χ2n) is 2.86. The molecule has 0 radical (unpaired) electrons. The van der Waals surface area contributed by atoms with Gasteiger partial charge in [0, 0.05) is 0 Å². The molecule has 0 atom stereocenters. The van der Waals surface area contributed by atoms with Crippen LogP contribution in [0.25, 0.3) is 0 Å². The van der Waals surface area contributed by atoms with Crippen LogP contribution in [-0.2, 0) is 2.72 Å². The van der Waals surface area contributed by atoms with Crippen molar-refractivity contribution < 1.29 is 2.72 Å². The molecule has 0 fully saturated rings. The number of benzene rings is 1. The molecule has 0 N–H and O–H groups in total. The van der Waals surface area contributed by atoms with Crippen molar-refractivity contribution in [2.75, 3.05) is 0 Å². The third kappa shape index (κ3) is 12.3. The minimum atomic E-state index is -0.719. The van der Waals surface area contributed by atoms with Crippen molar-refractivity contribution >= 4 is 30.0 Å². The Labute approximate surface area is 91.7 Å². The second-order valence-corrected chi connectivity index (χ2v) is 11.8. The summed E-state index contributed by atoms with van der Waals surface area (Å²) >= 11 is -1.44. The third-order valence-corrected chi connectivity index (χ3v) is 9.48. The number of rotatable bonds is 2. The van der Waals surface area contributed by atoms with E-state index >= 15 is 0 Å². The summed E-state index contributed by atoms with van der Waals surface area (Å²) in [6, 6.07) is 12.0. The van der Waals surface area contributed by atoms with Crippen molar-refractivity contribution in [2.45, 2.75) is 22.8 Å². The van der Waals surface area contributed by atoms with Gasteiger partial charge in [0.05, 0.1) is 0 Å². The fourth-order valence-electron chi connectivity index (χ4n) is 0.711. The topological polar surface area (TPSA) is 9.23 Å². The molecule has 13 heavy (non-hydrogen) atoms. The van der Waals surface area contributed by atoms with Crippen molar-refractivity contribution in [3.05, 3.63) is 36.4 Å². The van der Waals surface area contributed by atoms with Crippen LogP contribution in [0.4, 0.5) is 0 Å². The average molecular weight is 304 g/mol. The van der Waals surface area contributed by atoms with Gasteiger partial charge in [0.2, 0.25) is 0 Å². The van der Waals surface area contributed by atoms with E-state index in [9.17, 15) is 0 Å². The van der Waals surface area contributed by atoms with E-state index in [4.69, 9.17) is 2.72 Å². The van der Waals surface area contributed by atoms with Gasteiger partial charge in [-0.1, -0.05) is 36.4 Å². The Morgan fingerprint density at radius 2 is 0.846 bits per heavy atom. The molecule has 1 rings (SSSR count). The zero-order valence-electron chi connectivity index (χ0n) is 8.77. The summed E-state index contributed by atoms with van der Waals surface area (Å²) in [6.45, 7) is 0. The number of hydrogen-bond donors (Lipinski definition) is 0. The Hall–Kier alpha value is 0.297. The van der Waals surface area contributed by atoms with E-state index in [0.717, 1.165) is 0 Å². The van der Waals surface area contributed by atoms with Gasteiger partial charge in [0.15, 0.2) is 0 Å². The Bertz CT molecular complexity index is 155. The third-order valence-electron chi connectivity index (χ3n) is 0.993. The predicted molar refractivity (Wildman–Crippen MR) is 62.5 cm³/mol. The molecule has 0 heterocycles. The van der Waals surface area contributed by atoms with Crippen LogP contribution in [0.5, 0.6) is 0 Å². The van der Waals surface area contributed by atoms with Crippen molar-refractivity contribution in [1.82, 2.24) is 0 Å². The maximum atomic E-state index is 5.54. The maximum Gasteiger partial charge on any atom is -0.0623 e. The normalized spacial score (nSPS) is 9.69. The quantitative estimate of drug-likeness (QED) is 0.763. The van der Waals surface area contributed by atoms with E-state index in [0.29, 0.717) is 0 Å². The molecule has 0 saturated carbocycles. The molecule has 0 saturated heterocycles. The van der Waals surface area contributed by atoms with Gasteiger partial charge in [0.25, 0.3) is 0 Å². The van der Waals surface area contributed by atoms with Gasteiger partial charge >= 0.3 is 55.5 Å². The van der Waals surface area contributed by atoms with E-state index < -0.39 is 30.0 Å². The summed E-state index contributed by atoms with van der Waals surface area (Å²) in [4.78, 5) is 0. The zero-order chi connectivity index (χ0) is 10.1. The molecule has 3 heteroatoms. The van der Waals surface area contributed by atoms with Crippen molar-refractivity contribution in [3.8, 4) is 0 Å². The maximum absolute atomic E-state index is 5.54. The summed E-state index contributed by atoms with van der Waals surface area (Å²) < 4.78 is 5.54. The van der Waals surface area contributed by atoms with Crippen molar-refractivity contribution in [1.29, 1.82) is 0 Å². The van der Waals surface area contributed by atoms with Crippen molar-refractivity contribution in [2.24, 2.45) is 0 Å². The van der Waals surface area contributed by atoms with E-state index in [1.54, 1.807) is 0 Å². The first-order chi connectivity index (χ1) is 6.13. The number of hydrogen-bond acceptors (Lipinski definition) is 1. The molecule has 0 aliphatic heterocycles. The van der Waals surface area contributed by atoms with Crippen LogP contribution in [0, 0.1) is 0 Å². The average Bonchev–Trinajstić information content (AvgIpc) is 2.06. The van der Waals surface area contributed by atoms with E-state index in [1.807, 2.05) is 36.4 Å². The van der Waals surface area contributed by atoms with Crippen LogP contribution in [0.3, 0.4) is 0 Å². The second kappa shape index (κ2) is 8.88. The fraction of sp³-hybridized carbons (Fsp3) is 0.400. The first-order valence-electron chi connectivity index (χ1n) is 4.15. The molecule has 74 valence electrons. The van der Waals surface area contributed by atoms with Crippen LogP contribution >= 0.6 is 0 Å². The molecule has 0 aliphatic carbocycles. The Balaban J connectivity index is 0.000000223. The Kier molecular flexibility index (Phi) is 9.08. The fourth-order valence-corrected chi connectivity index (χ4v) is 9.20. The SMILES string of the molecule is C[As](C)O[As](C)C.c1ccccc1. The monoisotopic (exact) mass is 304 g/mol. The largest absolute Gasteiger partial charge is 0.0623 e. The standard InChI is InChI=1S/C6H6.C4H12As2O/c1-2-4-6-5-3-1;1-5(2)7-6(3)4/h1-6H;1-4H3. The molecule has 0 aromatic heterocycles. The molecule has 1 aromatic rings. The van der Waals surface area contributed by atoms with Gasteiger partial charge in [-0.25, -0.2) is 0 Å². The van der Waals surface area contributed by atoms with Crippen LogP contribution in [0.15, 0.2) is 36.4 Å². The summed E-state index contributed by atoms with van der Waals surface area (Å²) in [7, 11) is 0. The van der Waals surface area contributed by atoms with Crippen LogP contribution in [0.2, 0.25) is 22.8 Å². The minimum absolute atomic E-state index is 0.719. The summed E-state index contributed by atoms with van der Waals surface area (Å²) in [5.74, 6) is 0. The smallest absolute Gasteiger partial charge is 0.0623 e. The van der Waals surface area contributed by atoms with Crippen LogP contribution in [0.1, 0.15) is 0 Å². The van der Waals surface area contributed by atoms with Gasteiger partial charge in [0.1, 0.15) is 0 Å². The molecule has 0 bridgehead atoms. The molecule has 0 aliphatic rings. The Morgan fingerprint density at radius 1 is 0.615 bits per heavy atom. The molecular formula is C10H18As2O. The predicted octanol–water partition coefficient (Wildman–Crippen LogP) is 3.19. The minimum Gasteiger partial charge on any atom is -0.0623 e. The first kappa shape index (κ1) is 13.3. The summed E-state index contributed by atoms with van der Waals surface area (Å²) in [6.07, 6.45) is 0. The van der Waals surface area contributed by atoms with Crippen LogP contribution in [-0.4, -0.2) is 30.0 Å². The van der Waals surface area contributed by atoms with Crippen LogP contribution < -0.4 is 0 Å². The van der Waals surface area contributed by atoms with Gasteiger partial charge in [-0.3, -0.25) is 0 Å². The molecule has 0 spiro atoms. The van der Waals surface area contributed by atoms with Crippen molar-refractivity contribution in [3.63, 3.8) is 0 Å². The van der Waals surface area contributed by atoms with Gasteiger partial charge < -0.3 is 0 Å². The zero-order valence-corrected chi connectivity index (χ0v) is 12.5.